The van der Waals surface area contributed by atoms with E-state index in [1.807, 2.05) is 6.07 Å². The summed E-state index contributed by atoms with van der Waals surface area (Å²) < 4.78 is 40.6. The second-order valence-corrected chi connectivity index (χ2v) is 8.73. The second kappa shape index (κ2) is 11.7. The van der Waals surface area contributed by atoms with Crippen molar-refractivity contribution in [3.63, 3.8) is 0 Å². The predicted molar refractivity (Wildman–Crippen MR) is 132 cm³/mol. The molecule has 0 aliphatic rings. The van der Waals surface area contributed by atoms with Crippen LogP contribution in [0.25, 0.3) is 6.08 Å². The first-order valence-corrected chi connectivity index (χ1v) is 12.1. The average Bonchev–Trinajstić information content (AvgIpc) is 2.88. The van der Waals surface area contributed by atoms with Gasteiger partial charge in [-0.15, -0.1) is 0 Å². The summed E-state index contributed by atoms with van der Waals surface area (Å²) in [5.41, 5.74) is 0.772. The minimum atomic E-state index is -4.15. The molecule has 0 aliphatic carbocycles. The SMILES string of the molecule is CCOC(=O)c1ccc(NC(=O)/C(C#N)=C/c2ccc(OC)c(OS(=O)(=O)c3ccccc3)c2)cc1. The molecule has 0 spiro atoms. The van der Waals surface area contributed by atoms with Crippen LogP contribution < -0.4 is 14.2 Å². The molecule has 3 aromatic carbocycles. The molecule has 9 nitrogen and oxygen atoms in total. The average molecular weight is 507 g/mol. The fourth-order valence-corrected chi connectivity index (χ4v) is 3.97. The molecule has 0 unspecified atom stereocenters. The lowest BCUT2D eigenvalue weighted by atomic mass is 10.1. The van der Waals surface area contributed by atoms with Crippen molar-refractivity contribution in [1.29, 1.82) is 5.26 Å². The van der Waals surface area contributed by atoms with Gasteiger partial charge >= 0.3 is 16.1 Å². The molecule has 1 N–H and O–H groups in total. The number of hydrogen-bond acceptors (Lipinski definition) is 8. The number of benzene rings is 3. The third-order valence-electron chi connectivity index (χ3n) is 4.75. The van der Waals surface area contributed by atoms with Gasteiger partial charge in [0, 0.05) is 5.69 Å². The zero-order valence-electron chi connectivity index (χ0n) is 19.4. The number of carbonyl (C=O) groups excluding carboxylic acids is 2. The first kappa shape index (κ1) is 26.0. The van der Waals surface area contributed by atoms with Gasteiger partial charge in [0.15, 0.2) is 11.5 Å². The maximum absolute atomic E-state index is 12.6. The Balaban J connectivity index is 1.82. The predicted octanol–water partition coefficient (Wildman–Crippen LogP) is 4.19. The van der Waals surface area contributed by atoms with Crippen LogP contribution in [0.1, 0.15) is 22.8 Å². The number of rotatable bonds is 9. The van der Waals surface area contributed by atoms with Crippen molar-refractivity contribution in [2.45, 2.75) is 11.8 Å². The van der Waals surface area contributed by atoms with E-state index in [4.69, 9.17) is 13.7 Å². The maximum Gasteiger partial charge on any atom is 0.339 e. The van der Waals surface area contributed by atoms with E-state index in [9.17, 15) is 23.3 Å². The summed E-state index contributed by atoms with van der Waals surface area (Å²) in [6.45, 7) is 1.94. The summed E-state index contributed by atoms with van der Waals surface area (Å²) >= 11 is 0. The zero-order valence-corrected chi connectivity index (χ0v) is 20.2. The minimum Gasteiger partial charge on any atom is -0.493 e. The van der Waals surface area contributed by atoms with Crippen molar-refractivity contribution in [3.8, 4) is 17.6 Å². The van der Waals surface area contributed by atoms with Crippen molar-refractivity contribution < 1.29 is 31.7 Å². The van der Waals surface area contributed by atoms with Crippen molar-refractivity contribution in [2.75, 3.05) is 19.0 Å². The summed E-state index contributed by atoms with van der Waals surface area (Å²) in [7, 11) is -2.79. The summed E-state index contributed by atoms with van der Waals surface area (Å²) in [5, 5.41) is 12.1. The van der Waals surface area contributed by atoms with Gasteiger partial charge in [-0.25, -0.2) is 4.79 Å². The van der Waals surface area contributed by atoms with Gasteiger partial charge < -0.3 is 19.0 Å². The van der Waals surface area contributed by atoms with Gasteiger partial charge in [0.05, 0.1) is 19.3 Å². The fraction of sp³-hybridized carbons (Fsp3) is 0.115. The number of esters is 1. The first-order chi connectivity index (χ1) is 17.3. The normalized spacial score (nSPS) is 11.2. The Morgan fingerprint density at radius 2 is 1.69 bits per heavy atom. The zero-order chi connectivity index (χ0) is 26.1. The quantitative estimate of drug-likeness (QED) is 0.198. The molecule has 0 aromatic heterocycles. The van der Waals surface area contributed by atoms with Crippen LogP contribution in [0.15, 0.2) is 83.3 Å². The van der Waals surface area contributed by atoms with Crippen LogP contribution in [-0.4, -0.2) is 34.0 Å². The molecular weight excluding hydrogens is 484 g/mol. The standard InChI is InChI=1S/C26H22N2O7S/c1-3-34-26(30)19-10-12-21(13-11-19)28-25(29)20(17-27)15-18-9-14-23(33-2)24(16-18)35-36(31,32)22-7-5-4-6-8-22/h4-16H,3H2,1-2H3,(H,28,29)/b20-15+. The van der Waals surface area contributed by atoms with Crippen LogP contribution in [0.2, 0.25) is 0 Å². The number of nitriles is 1. The Labute approximate surface area is 208 Å². The molecule has 3 aromatic rings. The first-order valence-electron chi connectivity index (χ1n) is 10.6. The van der Waals surface area contributed by atoms with Gasteiger partial charge in [-0.1, -0.05) is 24.3 Å². The van der Waals surface area contributed by atoms with E-state index in [1.54, 1.807) is 31.2 Å². The Morgan fingerprint density at radius 1 is 1.00 bits per heavy atom. The van der Waals surface area contributed by atoms with Crippen LogP contribution in [0.4, 0.5) is 5.69 Å². The molecule has 0 aliphatic heterocycles. The third-order valence-corrected chi connectivity index (χ3v) is 6.00. The van der Waals surface area contributed by atoms with Gasteiger partial charge in [-0.05, 0) is 67.1 Å². The lowest BCUT2D eigenvalue weighted by molar-refractivity contribution is -0.112. The highest BCUT2D eigenvalue weighted by atomic mass is 32.2. The Hall–Kier alpha value is -4.62. The number of nitrogens with zero attached hydrogens (tertiary/aromatic N) is 1. The summed E-state index contributed by atoms with van der Waals surface area (Å²) in [5.74, 6) is -1.14. The summed E-state index contributed by atoms with van der Waals surface area (Å²) in [6, 6.07) is 19.8. The number of nitrogens with one attached hydrogen (secondary N) is 1. The molecule has 1 amide bonds. The molecule has 36 heavy (non-hydrogen) atoms. The fourth-order valence-electron chi connectivity index (χ4n) is 3.02. The van der Waals surface area contributed by atoms with Crippen LogP contribution in [0, 0.1) is 11.3 Å². The van der Waals surface area contributed by atoms with E-state index in [1.165, 1.54) is 61.7 Å². The number of hydrogen-bond donors (Lipinski definition) is 1. The Bertz CT molecular complexity index is 1430. The Morgan fingerprint density at radius 3 is 2.31 bits per heavy atom. The van der Waals surface area contributed by atoms with Crippen LogP contribution in [-0.2, 0) is 19.6 Å². The minimum absolute atomic E-state index is 0.0425. The maximum atomic E-state index is 12.6. The molecule has 0 atom stereocenters. The highest BCUT2D eigenvalue weighted by Gasteiger charge is 2.19. The van der Waals surface area contributed by atoms with Crippen molar-refractivity contribution >= 4 is 33.8 Å². The van der Waals surface area contributed by atoms with E-state index < -0.39 is 22.0 Å². The second-order valence-electron chi connectivity index (χ2n) is 7.18. The highest BCUT2D eigenvalue weighted by Crippen LogP contribution is 2.31. The molecule has 3 rings (SSSR count). The van der Waals surface area contributed by atoms with Crippen molar-refractivity contribution in [2.24, 2.45) is 0 Å². The molecule has 10 heteroatoms. The smallest absolute Gasteiger partial charge is 0.339 e. The van der Waals surface area contributed by atoms with E-state index in [0.717, 1.165) is 0 Å². The topological polar surface area (TPSA) is 132 Å². The number of amides is 1. The van der Waals surface area contributed by atoms with Gasteiger partial charge in [-0.3, -0.25) is 4.79 Å². The summed E-state index contributed by atoms with van der Waals surface area (Å²) in [4.78, 5) is 24.4. The van der Waals surface area contributed by atoms with Gasteiger partial charge in [-0.2, -0.15) is 13.7 Å². The lowest BCUT2D eigenvalue weighted by Crippen LogP contribution is -2.14. The van der Waals surface area contributed by atoms with Crippen LogP contribution in [0.5, 0.6) is 11.5 Å². The molecule has 0 heterocycles. The largest absolute Gasteiger partial charge is 0.493 e. The van der Waals surface area contributed by atoms with Gasteiger partial charge in [0.2, 0.25) is 0 Å². The molecule has 0 bridgehead atoms. The number of carbonyl (C=O) groups is 2. The van der Waals surface area contributed by atoms with Gasteiger partial charge in [0.1, 0.15) is 16.5 Å². The lowest BCUT2D eigenvalue weighted by Gasteiger charge is -2.12. The molecule has 0 saturated heterocycles. The molecule has 0 radical (unpaired) electrons. The molecule has 184 valence electrons. The van der Waals surface area contributed by atoms with Crippen molar-refractivity contribution in [3.05, 3.63) is 89.5 Å². The molecular formula is C26H22N2O7S. The number of anilines is 1. The number of ether oxygens (including phenoxy) is 2. The Kier molecular flexibility index (Phi) is 8.43. The third kappa shape index (κ3) is 6.49. The molecule has 0 saturated carbocycles. The van der Waals surface area contributed by atoms with E-state index in [2.05, 4.69) is 5.32 Å². The summed E-state index contributed by atoms with van der Waals surface area (Å²) in [6.07, 6.45) is 1.28. The molecule has 0 fully saturated rings. The monoisotopic (exact) mass is 506 g/mol. The van der Waals surface area contributed by atoms with Gasteiger partial charge in [0.25, 0.3) is 5.91 Å². The van der Waals surface area contributed by atoms with Crippen LogP contribution >= 0.6 is 0 Å². The number of methoxy groups -OCH3 is 1. The van der Waals surface area contributed by atoms with Crippen LogP contribution in [0.3, 0.4) is 0 Å². The van der Waals surface area contributed by atoms with E-state index in [0.29, 0.717) is 16.8 Å². The van der Waals surface area contributed by atoms with E-state index >= 15 is 0 Å². The van der Waals surface area contributed by atoms with E-state index in [-0.39, 0.29) is 28.6 Å². The highest BCUT2D eigenvalue weighted by molar-refractivity contribution is 7.87. The van der Waals surface area contributed by atoms with Crippen molar-refractivity contribution in [1.82, 2.24) is 0 Å².